The van der Waals surface area contributed by atoms with Gasteiger partial charge in [-0.05, 0) is 30.5 Å². The van der Waals surface area contributed by atoms with Gasteiger partial charge in [-0.3, -0.25) is 4.79 Å². The first kappa shape index (κ1) is 19.8. The Morgan fingerprint density at radius 3 is 2.52 bits per heavy atom. The molecule has 1 aromatic rings. The minimum atomic E-state index is -0.563. The number of halogens is 3. The lowest BCUT2D eigenvalue weighted by Gasteiger charge is -2.21. The molecule has 0 spiro atoms. The minimum Gasteiger partial charge on any atom is -0.345 e. The summed E-state index contributed by atoms with van der Waals surface area (Å²) in [6.45, 7) is 4.55. The van der Waals surface area contributed by atoms with Crippen LogP contribution in [-0.2, 0) is 11.2 Å². The maximum atomic E-state index is 13.5. The highest BCUT2D eigenvalue weighted by atomic mass is 35.5. The molecule has 0 aliphatic heterocycles. The van der Waals surface area contributed by atoms with Gasteiger partial charge in [0.25, 0.3) is 0 Å². The summed E-state index contributed by atoms with van der Waals surface area (Å²) in [4.78, 5) is 13.5. The van der Waals surface area contributed by atoms with Gasteiger partial charge in [0.1, 0.15) is 11.6 Å². The molecule has 2 N–H and O–H groups in total. The molecule has 120 valence electrons. The van der Waals surface area contributed by atoms with E-state index in [4.69, 9.17) is 5.73 Å². The summed E-state index contributed by atoms with van der Waals surface area (Å²) < 4.78 is 26.5. The predicted molar refractivity (Wildman–Crippen MR) is 82.4 cm³/mol. The smallest absolute Gasteiger partial charge is 0.226 e. The van der Waals surface area contributed by atoms with Gasteiger partial charge < -0.3 is 10.6 Å². The number of carbonyl (C=O) groups excluding carboxylic acids is 1. The van der Waals surface area contributed by atoms with E-state index in [0.29, 0.717) is 18.9 Å². The maximum absolute atomic E-state index is 13.5. The van der Waals surface area contributed by atoms with E-state index in [2.05, 4.69) is 0 Å². The zero-order chi connectivity index (χ0) is 15.3. The van der Waals surface area contributed by atoms with Gasteiger partial charge in [-0.1, -0.05) is 13.8 Å². The second-order valence-electron chi connectivity index (χ2n) is 5.42. The summed E-state index contributed by atoms with van der Waals surface area (Å²) in [5, 5.41) is 0. The lowest BCUT2D eigenvalue weighted by molar-refractivity contribution is -0.129. The molecule has 1 amide bonds. The van der Waals surface area contributed by atoms with Gasteiger partial charge in [0.2, 0.25) is 5.91 Å². The zero-order valence-corrected chi connectivity index (χ0v) is 13.4. The largest absolute Gasteiger partial charge is 0.345 e. The highest BCUT2D eigenvalue weighted by Gasteiger charge is 2.15. The van der Waals surface area contributed by atoms with Crippen LogP contribution in [0.25, 0.3) is 0 Å². The summed E-state index contributed by atoms with van der Waals surface area (Å²) in [5.41, 5.74) is 5.99. The highest BCUT2D eigenvalue weighted by Crippen LogP contribution is 2.12. The van der Waals surface area contributed by atoms with E-state index >= 15 is 0 Å². The second kappa shape index (κ2) is 8.95. The molecule has 0 heterocycles. The van der Waals surface area contributed by atoms with Crippen LogP contribution in [0.2, 0.25) is 0 Å². The monoisotopic (exact) mass is 320 g/mol. The van der Waals surface area contributed by atoms with E-state index in [9.17, 15) is 13.6 Å². The van der Waals surface area contributed by atoms with Crippen LogP contribution < -0.4 is 5.73 Å². The number of likely N-dealkylation sites (N-methyl/N-ethyl adjacent to an activating group) is 1. The molecular formula is C15H23ClF2N2O. The summed E-state index contributed by atoms with van der Waals surface area (Å²) >= 11 is 0. The Morgan fingerprint density at radius 2 is 1.95 bits per heavy atom. The van der Waals surface area contributed by atoms with E-state index in [1.54, 1.807) is 7.05 Å². The van der Waals surface area contributed by atoms with Crippen LogP contribution in [0.4, 0.5) is 8.78 Å². The molecule has 0 aliphatic carbocycles. The normalized spacial score (nSPS) is 12.0. The molecule has 0 radical (unpaired) electrons. The van der Waals surface area contributed by atoms with Crippen LogP contribution in [-0.4, -0.2) is 30.4 Å². The van der Waals surface area contributed by atoms with Gasteiger partial charge in [0.05, 0.1) is 6.42 Å². The number of nitrogens with two attached hydrogens (primary N) is 1. The van der Waals surface area contributed by atoms with Gasteiger partial charge in [-0.25, -0.2) is 8.78 Å². The van der Waals surface area contributed by atoms with Crippen molar-refractivity contribution in [1.82, 2.24) is 4.90 Å². The van der Waals surface area contributed by atoms with Crippen molar-refractivity contribution >= 4 is 18.3 Å². The summed E-state index contributed by atoms with van der Waals surface area (Å²) in [6, 6.07) is 3.15. The minimum absolute atomic E-state index is 0. The second-order valence-corrected chi connectivity index (χ2v) is 5.42. The Morgan fingerprint density at radius 1 is 1.33 bits per heavy atom. The van der Waals surface area contributed by atoms with Gasteiger partial charge in [0.15, 0.2) is 0 Å². The average molecular weight is 321 g/mol. The molecule has 6 heteroatoms. The Bertz CT molecular complexity index is 469. The van der Waals surface area contributed by atoms with Crippen molar-refractivity contribution in [2.45, 2.75) is 32.7 Å². The third kappa shape index (κ3) is 6.40. The first-order valence-electron chi connectivity index (χ1n) is 6.74. The van der Waals surface area contributed by atoms with E-state index in [0.717, 1.165) is 18.2 Å². The molecule has 1 unspecified atom stereocenters. The molecule has 0 saturated carbocycles. The van der Waals surface area contributed by atoms with E-state index in [-0.39, 0.29) is 36.3 Å². The van der Waals surface area contributed by atoms with Crippen molar-refractivity contribution in [3.05, 3.63) is 35.4 Å². The van der Waals surface area contributed by atoms with E-state index in [1.807, 2.05) is 13.8 Å². The zero-order valence-electron chi connectivity index (χ0n) is 12.6. The molecule has 3 nitrogen and oxygen atoms in total. The lowest BCUT2D eigenvalue weighted by Crippen LogP contribution is -2.35. The number of amides is 1. The number of benzene rings is 1. The molecule has 0 fully saturated rings. The fraction of sp³-hybridized carbons (Fsp3) is 0.533. The summed E-state index contributed by atoms with van der Waals surface area (Å²) in [6.07, 6.45) is 0.544. The molecule has 0 aromatic heterocycles. The van der Waals surface area contributed by atoms with Crippen molar-refractivity contribution in [2.75, 3.05) is 13.6 Å². The molecule has 0 saturated heterocycles. The third-order valence-electron chi connectivity index (χ3n) is 3.43. The molecule has 1 aromatic carbocycles. The summed E-state index contributed by atoms with van der Waals surface area (Å²) in [5.74, 6) is -1.00. The number of carbonyl (C=O) groups is 1. The number of nitrogens with zero attached hydrogens (tertiary/aromatic N) is 1. The van der Waals surface area contributed by atoms with Crippen LogP contribution >= 0.6 is 12.4 Å². The van der Waals surface area contributed by atoms with Crippen LogP contribution in [0.15, 0.2) is 18.2 Å². The van der Waals surface area contributed by atoms with Crippen molar-refractivity contribution in [3.63, 3.8) is 0 Å². The molecule has 1 rings (SSSR count). The summed E-state index contributed by atoms with van der Waals surface area (Å²) in [7, 11) is 1.65. The first-order valence-corrected chi connectivity index (χ1v) is 6.74. The van der Waals surface area contributed by atoms with Gasteiger partial charge >= 0.3 is 0 Å². The van der Waals surface area contributed by atoms with Crippen LogP contribution in [0.3, 0.4) is 0 Å². The van der Waals surface area contributed by atoms with E-state index in [1.165, 1.54) is 4.90 Å². The third-order valence-corrected chi connectivity index (χ3v) is 3.43. The predicted octanol–water partition coefficient (Wildman–Crippen LogP) is 2.76. The lowest BCUT2D eigenvalue weighted by atomic mass is 10.0. The standard InChI is InChI=1S/C15H22F2N2O.ClH/c1-10(2)14(18)6-7-19(3)15(20)9-11-8-12(16)4-5-13(11)17;/h4-5,8,10,14H,6-7,9,18H2,1-3H3;1H. The van der Waals surface area contributed by atoms with Crippen molar-refractivity contribution in [1.29, 1.82) is 0 Å². The Kier molecular flexibility index (Phi) is 8.44. The SMILES string of the molecule is CC(C)C(N)CCN(C)C(=O)Cc1cc(F)ccc1F.Cl. The number of hydrogen-bond acceptors (Lipinski definition) is 2. The van der Waals surface area contributed by atoms with E-state index < -0.39 is 11.6 Å². The molecular weight excluding hydrogens is 298 g/mol. The molecule has 21 heavy (non-hydrogen) atoms. The van der Waals surface area contributed by atoms with Crippen molar-refractivity contribution in [2.24, 2.45) is 11.7 Å². The van der Waals surface area contributed by atoms with Gasteiger partial charge in [-0.15, -0.1) is 12.4 Å². The fourth-order valence-electron chi connectivity index (χ4n) is 1.78. The maximum Gasteiger partial charge on any atom is 0.226 e. The van der Waals surface area contributed by atoms with Crippen LogP contribution in [0.1, 0.15) is 25.8 Å². The van der Waals surface area contributed by atoms with Gasteiger partial charge in [-0.2, -0.15) is 0 Å². The molecule has 0 bridgehead atoms. The average Bonchev–Trinajstić information content (AvgIpc) is 2.39. The number of rotatable bonds is 6. The van der Waals surface area contributed by atoms with Crippen molar-refractivity contribution in [3.8, 4) is 0 Å². The highest BCUT2D eigenvalue weighted by molar-refractivity contribution is 5.85. The Balaban J connectivity index is 0.00000400. The van der Waals surface area contributed by atoms with Crippen LogP contribution in [0, 0.1) is 17.6 Å². The molecule has 1 atom stereocenters. The quantitative estimate of drug-likeness (QED) is 0.876. The first-order chi connectivity index (χ1) is 9.31. The topological polar surface area (TPSA) is 46.3 Å². The fourth-order valence-corrected chi connectivity index (χ4v) is 1.78. The van der Waals surface area contributed by atoms with Crippen LogP contribution in [0.5, 0.6) is 0 Å². The Labute approximate surface area is 130 Å². The number of hydrogen-bond donors (Lipinski definition) is 1. The van der Waals surface area contributed by atoms with Crippen molar-refractivity contribution < 1.29 is 13.6 Å². The molecule has 0 aliphatic rings. The van der Waals surface area contributed by atoms with Gasteiger partial charge in [0, 0.05) is 25.2 Å². The Hall–Kier alpha value is -1.20.